The third kappa shape index (κ3) is 3.14. The van der Waals surface area contributed by atoms with Crippen molar-refractivity contribution in [1.29, 1.82) is 0 Å². The summed E-state index contributed by atoms with van der Waals surface area (Å²) in [5.41, 5.74) is 0.369. The van der Waals surface area contributed by atoms with Crippen LogP contribution in [0.25, 0.3) is 0 Å². The lowest BCUT2D eigenvalue weighted by atomic mass is 10.1. The zero-order valence-corrected chi connectivity index (χ0v) is 13.3. The van der Waals surface area contributed by atoms with Gasteiger partial charge in [0, 0.05) is 18.7 Å². The van der Waals surface area contributed by atoms with Crippen LogP contribution in [0, 0.1) is 5.92 Å². The van der Waals surface area contributed by atoms with Crippen molar-refractivity contribution in [2.75, 3.05) is 13.1 Å². The SMILES string of the molecule is CC(C)S(=O)(=O)c1ccc(C(=O)N2CCC(C(=O)O)C2)cc1. The molecule has 1 aromatic rings. The van der Waals surface area contributed by atoms with Crippen LogP contribution in [0.2, 0.25) is 0 Å². The minimum absolute atomic E-state index is 0.184. The van der Waals surface area contributed by atoms with E-state index < -0.39 is 27.0 Å². The molecular weight excluding hydrogens is 306 g/mol. The van der Waals surface area contributed by atoms with Crippen molar-refractivity contribution in [2.45, 2.75) is 30.4 Å². The van der Waals surface area contributed by atoms with Crippen LogP contribution in [-0.2, 0) is 14.6 Å². The molecule has 1 aliphatic rings. The van der Waals surface area contributed by atoms with Crippen LogP contribution in [0.3, 0.4) is 0 Å². The van der Waals surface area contributed by atoms with Crippen LogP contribution in [0.5, 0.6) is 0 Å². The molecule has 0 saturated carbocycles. The van der Waals surface area contributed by atoms with E-state index in [4.69, 9.17) is 5.11 Å². The second-order valence-electron chi connectivity index (χ2n) is 5.69. The maximum Gasteiger partial charge on any atom is 0.308 e. The number of likely N-dealkylation sites (tertiary alicyclic amines) is 1. The molecule has 1 atom stereocenters. The number of amides is 1. The summed E-state index contributed by atoms with van der Waals surface area (Å²) in [4.78, 5) is 24.9. The standard InChI is InChI=1S/C15H19NO5S/c1-10(2)22(20,21)13-5-3-11(4-6-13)14(17)16-8-7-12(9-16)15(18)19/h3-6,10,12H,7-9H2,1-2H3,(H,18,19). The molecule has 120 valence electrons. The Labute approximate surface area is 129 Å². The molecule has 2 rings (SSSR count). The summed E-state index contributed by atoms with van der Waals surface area (Å²) in [6, 6.07) is 5.80. The number of carboxylic acids is 1. The summed E-state index contributed by atoms with van der Waals surface area (Å²) in [7, 11) is -3.36. The number of benzene rings is 1. The lowest BCUT2D eigenvalue weighted by Crippen LogP contribution is -2.30. The Morgan fingerprint density at radius 1 is 1.23 bits per heavy atom. The van der Waals surface area contributed by atoms with Crippen molar-refractivity contribution in [3.05, 3.63) is 29.8 Å². The van der Waals surface area contributed by atoms with E-state index in [1.165, 1.54) is 29.2 Å². The maximum absolute atomic E-state index is 12.3. The summed E-state index contributed by atoms with van der Waals surface area (Å²) in [5.74, 6) is -1.68. The molecule has 0 radical (unpaired) electrons. The fraction of sp³-hybridized carbons (Fsp3) is 0.467. The monoisotopic (exact) mass is 325 g/mol. The van der Waals surface area contributed by atoms with Gasteiger partial charge < -0.3 is 10.0 Å². The molecule has 1 amide bonds. The molecular formula is C15H19NO5S. The Morgan fingerprint density at radius 2 is 1.82 bits per heavy atom. The van der Waals surface area contributed by atoms with Gasteiger partial charge in [-0.25, -0.2) is 8.42 Å². The van der Waals surface area contributed by atoms with Crippen LogP contribution in [0.15, 0.2) is 29.2 Å². The Morgan fingerprint density at radius 3 is 2.27 bits per heavy atom. The van der Waals surface area contributed by atoms with Gasteiger partial charge in [-0.3, -0.25) is 9.59 Å². The van der Waals surface area contributed by atoms with Crippen LogP contribution in [0.1, 0.15) is 30.6 Å². The third-order valence-corrected chi connectivity index (χ3v) is 6.05. The van der Waals surface area contributed by atoms with E-state index in [0.717, 1.165) is 0 Å². The molecule has 0 bridgehead atoms. The van der Waals surface area contributed by atoms with Gasteiger partial charge in [-0.2, -0.15) is 0 Å². The second kappa shape index (κ2) is 6.08. The van der Waals surface area contributed by atoms with E-state index >= 15 is 0 Å². The quantitative estimate of drug-likeness (QED) is 0.904. The maximum atomic E-state index is 12.3. The van der Waals surface area contributed by atoms with E-state index in [9.17, 15) is 18.0 Å². The summed E-state index contributed by atoms with van der Waals surface area (Å²) < 4.78 is 24.1. The molecule has 7 heteroatoms. The van der Waals surface area contributed by atoms with Crippen molar-refractivity contribution in [3.8, 4) is 0 Å². The summed E-state index contributed by atoms with van der Waals surface area (Å²) >= 11 is 0. The first-order valence-corrected chi connectivity index (χ1v) is 8.64. The van der Waals surface area contributed by atoms with Gasteiger partial charge in [-0.15, -0.1) is 0 Å². The number of aliphatic carboxylic acids is 1. The molecule has 6 nitrogen and oxygen atoms in total. The smallest absolute Gasteiger partial charge is 0.308 e. The third-order valence-electron chi connectivity index (χ3n) is 3.88. The van der Waals surface area contributed by atoms with Crippen molar-refractivity contribution >= 4 is 21.7 Å². The van der Waals surface area contributed by atoms with Crippen LogP contribution < -0.4 is 0 Å². The fourth-order valence-corrected chi connectivity index (χ4v) is 3.45. The molecule has 0 aromatic heterocycles. The van der Waals surface area contributed by atoms with Gasteiger partial charge in [0.1, 0.15) is 0 Å². The summed E-state index contributed by atoms with van der Waals surface area (Å²) in [6.07, 6.45) is 0.445. The minimum Gasteiger partial charge on any atom is -0.481 e. The van der Waals surface area contributed by atoms with Gasteiger partial charge in [0.15, 0.2) is 9.84 Å². The average Bonchev–Trinajstić information content (AvgIpc) is 2.96. The van der Waals surface area contributed by atoms with Gasteiger partial charge in [0.25, 0.3) is 5.91 Å². The topological polar surface area (TPSA) is 91.8 Å². The largest absolute Gasteiger partial charge is 0.481 e. The van der Waals surface area contributed by atoms with E-state index in [-0.39, 0.29) is 17.3 Å². The number of carbonyl (C=O) groups excluding carboxylic acids is 1. The molecule has 1 aliphatic heterocycles. The first-order valence-electron chi connectivity index (χ1n) is 7.09. The Kier molecular flexibility index (Phi) is 4.55. The predicted molar refractivity (Wildman–Crippen MR) is 80.4 cm³/mol. The lowest BCUT2D eigenvalue weighted by Gasteiger charge is -2.16. The minimum atomic E-state index is -3.36. The Bertz CT molecular complexity index is 678. The highest BCUT2D eigenvalue weighted by Gasteiger charge is 2.31. The molecule has 22 heavy (non-hydrogen) atoms. The molecule has 1 fully saturated rings. The fourth-order valence-electron chi connectivity index (χ4n) is 2.39. The molecule has 1 heterocycles. The first-order chi connectivity index (χ1) is 10.2. The Hall–Kier alpha value is -1.89. The highest BCUT2D eigenvalue weighted by atomic mass is 32.2. The zero-order chi connectivity index (χ0) is 16.5. The van der Waals surface area contributed by atoms with E-state index in [1.807, 2.05) is 0 Å². The highest BCUT2D eigenvalue weighted by Crippen LogP contribution is 2.21. The van der Waals surface area contributed by atoms with Crippen molar-refractivity contribution in [2.24, 2.45) is 5.92 Å². The van der Waals surface area contributed by atoms with Gasteiger partial charge in [-0.1, -0.05) is 0 Å². The van der Waals surface area contributed by atoms with Gasteiger partial charge in [0.2, 0.25) is 0 Å². The van der Waals surface area contributed by atoms with E-state index in [1.54, 1.807) is 13.8 Å². The van der Waals surface area contributed by atoms with E-state index in [0.29, 0.717) is 18.5 Å². The molecule has 1 N–H and O–H groups in total. The molecule has 1 unspecified atom stereocenters. The number of hydrogen-bond donors (Lipinski definition) is 1. The number of sulfone groups is 1. The van der Waals surface area contributed by atoms with Crippen LogP contribution in [-0.4, -0.2) is 48.6 Å². The molecule has 1 aromatic carbocycles. The van der Waals surface area contributed by atoms with Crippen LogP contribution >= 0.6 is 0 Å². The predicted octanol–water partition coefficient (Wildman–Crippen LogP) is 1.42. The molecule has 1 saturated heterocycles. The van der Waals surface area contributed by atoms with Crippen molar-refractivity contribution in [1.82, 2.24) is 4.90 Å². The average molecular weight is 325 g/mol. The van der Waals surface area contributed by atoms with Gasteiger partial charge in [0.05, 0.1) is 16.1 Å². The highest BCUT2D eigenvalue weighted by molar-refractivity contribution is 7.92. The van der Waals surface area contributed by atoms with Crippen molar-refractivity contribution in [3.63, 3.8) is 0 Å². The first kappa shape index (κ1) is 16.5. The number of hydrogen-bond acceptors (Lipinski definition) is 4. The number of rotatable bonds is 4. The number of carbonyl (C=O) groups is 2. The van der Waals surface area contributed by atoms with Crippen LogP contribution in [0.4, 0.5) is 0 Å². The number of nitrogens with zero attached hydrogens (tertiary/aromatic N) is 1. The second-order valence-corrected chi connectivity index (χ2v) is 8.20. The van der Waals surface area contributed by atoms with Gasteiger partial charge in [-0.05, 0) is 44.5 Å². The summed E-state index contributed by atoms with van der Waals surface area (Å²) in [5, 5.41) is 8.43. The normalized spacial score (nSPS) is 18.7. The summed E-state index contributed by atoms with van der Waals surface area (Å²) in [6.45, 7) is 3.80. The lowest BCUT2D eigenvalue weighted by molar-refractivity contribution is -0.141. The number of carboxylic acid groups (broad SMARTS) is 1. The van der Waals surface area contributed by atoms with E-state index in [2.05, 4.69) is 0 Å². The zero-order valence-electron chi connectivity index (χ0n) is 12.5. The molecule has 0 aliphatic carbocycles. The molecule has 0 spiro atoms. The Balaban J connectivity index is 2.15. The van der Waals surface area contributed by atoms with Gasteiger partial charge >= 0.3 is 5.97 Å². The van der Waals surface area contributed by atoms with Crippen molar-refractivity contribution < 1.29 is 23.1 Å².